The Kier molecular flexibility index (Phi) is 8.44. The molecule has 10 nitrogen and oxygen atoms in total. The van der Waals surface area contributed by atoms with E-state index in [1.807, 2.05) is 36.4 Å². The Hall–Kier alpha value is -4.19. The molecule has 232 valence electrons. The van der Waals surface area contributed by atoms with Crippen LogP contribution < -0.4 is 20.1 Å². The highest BCUT2D eigenvalue weighted by Crippen LogP contribution is 2.45. The van der Waals surface area contributed by atoms with Crippen molar-refractivity contribution in [3.63, 3.8) is 0 Å². The Morgan fingerprint density at radius 2 is 2.07 bits per heavy atom. The molecular formula is C32H35FN4O6S. The van der Waals surface area contributed by atoms with Crippen LogP contribution in [0.3, 0.4) is 0 Å². The monoisotopic (exact) mass is 622 g/mol. The van der Waals surface area contributed by atoms with Crippen molar-refractivity contribution in [2.24, 2.45) is 5.92 Å². The number of anilines is 1. The number of hydrogen-bond donors (Lipinski definition) is 3. The predicted octanol–water partition coefficient (Wildman–Crippen LogP) is 4.75. The van der Waals surface area contributed by atoms with Crippen molar-refractivity contribution >= 4 is 45.0 Å². The summed E-state index contributed by atoms with van der Waals surface area (Å²) in [6, 6.07) is 10.0. The van der Waals surface area contributed by atoms with Gasteiger partial charge in [0.15, 0.2) is 0 Å². The third-order valence-corrected chi connectivity index (χ3v) is 9.54. The summed E-state index contributed by atoms with van der Waals surface area (Å²) in [6.07, 6.45) is 7.70. The molecule has 0 unspecified atom stereocenters. The lowest BCUT2D eigenvalue weighted by atomic mass is 10.0. The maximum absolute atomic E-state index is 14.3. The normalized spacial score (nSPS) is 28.2. The van der Waals surface area contributed by atoms with E-state index in [2.05, 4.69) is 15.6 Å². The zero-order valence-electron chi connectivity index (χ0n) is 24.3. The number of halogens is 1. The maximum Gasteiger partial charge on any atom is 0.330 e. The summed E-state index contributed by atoms with van der Waals surface area (Å²) < 4.78 is 25.9. The molecule has 1 saturated heterocycles. The minimum absolute atomic E-state index is 0.112. The second-order valence-corrected chi connectivity index (χ2v) is 12.6. The molecule has 3 heterocycles. The molecule has 2 amide bonds. The van der Waals surface area contributed by atoms with Crippen molar-refractivity contribution in [2.75, 3.05) is 19.0 Å². The van der Waals surface area contributed by atoms with E-state index in [-0.39, 0.29) is 30.6 Å². The first-order valence-corrected chi connectivity index (χ1v) is 15.7. The first-order chi connectivity index (χ1) is 21.3. The average molecular weight is 623 g/mol. The van der Waals surface area contributed by atoms with Crippen molar-refractivity contribution in [3.05, 3.63) is 60.4 Å². The van der Waals surface area contributed by atoms with Crippen LogP contribution in [-0.2, 0) is 14.4 Å². The first-order valence-electron chi connectivity index (χ1n) is 14.9. The fraction of sp³-hybridized carbons (Fsp3) is 0.438. The second kappa shape index (κ2) is 12.4. The van der Waals surface area contributed by atoms with E-state index < -0.39 is 35.6 Å². The highest BCUT2D eigenvalue weighted by molar-refractivity contribution is 7.20. The summed E-state index contributed by atoms with van der Waals surface area (Å²) in [5, 5.41) is 16.5. The molecule has 2 aromatic carbocycles. The molecule has 6 rings (SSSR count). The molecule has 0 radical (unpaired) electrons. The molecule has 1 aliphatic carbocycles. The zero-order valence-corrected chi connectivity index (χ0v) is 25.1. The number of fused-ring (bicyclic) bond motifs is 3. The third kappa shape index (κ3) is 6.21. The minimum Gasteiger partial charge on any atom is -0.497 e. The van der Waals surface area contributed by atoms with Crippen LogP contribution in [-0.4, -0.2) is 70.2 Å². The minimum atomic E-state index is -1.39. The molecular weight excluding hydrogens is 587 g/mol. The van der Waals surface area contributed by atoms with Gasteiger partial charge in [0.05, 0.1) is 23.9 Å². The number of rotatable bonds is 6. The molecule has 2 fully saturated rings. The van der Waals surface area contributed by atoms with E-state index in [0.29, 0.717) is 39.7 Å². The third-order valence-electron chi connectivity index (χ3n) is 8.63. The van der Waals surface area contributed by atoms with Crippen LogP contribution in [0.5, 0.6) is 10.9 Å². The number of carboxylic acid groups (broad SMARTS) is 1. The van der Waals surface area contributed by atoms with Gasteiger partial charge in [-0.2, -0.15) is 0 Å². The predicted molar refractivity (Wildman–Crippen MR) is 163 cm³/mol. The van der Waals surface area contributed by atoms with Crippen molar-refractivity contribution < 1.29 is 33.4 Å². The van der Waals surface area contributed by atoms with Gasteiger partial charge >= 0.3 is 5.97 Å². The molecule has 0 spiro atoms. The second-order valence-electron chi connectivity index (χ2n) is 11.6. The highest BCUT2D eigenvalue weighted by atomic mass is 32.1. The van der Waals surface area contributed by atoms with Crippen LogP contribution in [0.1, 0.15) is 44.9 Å². The van der Waals surface area contributed by atoms with Crippen molar-refractivity contribution in [1.29, 1.82) is 0 Å². The molecule has 3 aliphatic rings. The number of nitrogens with one attached hydrogen (secondary N) is 2. The lowest BCUT2D eigenvalue weighted by Gasteiger charge is -2.30. The molecule has 3 N–H and O–H groups in total. The number of aliphatic carboxylic acids is 1. The topological polar surface area (TPSA) is 130 Å². The number of ether oxygens (including phenoxy) is 2. The zero-order chi connectivity index (χ0) is 30.8. The number of methoxy groups -OCH3 is 1. The van der Waals surface area contributed by atoms with Crippen LogP contribution in [0, 0.1) is 11.7 Å². The lowest BCUT2D eigenvalue weighted by Crippen LogP contribution is -2.55. The summed E-state index contributed by atoms with van der Waals surface area (Å²) in [6.45, 7) is 0.112. The van der Waals surface area contributed by atoms with Crippen LogP contribution in [0.4, 0.5) is 10.1 Å². The number of aromatic nitrogens is 1. The van der Waals surface area contributed by atoms with Gasteiger partial charge in [-0.3, -0.25) is 9.59 Å². The largest absolute Gasteiger partial charge is 0.497 e. The number of carbonyl (C=O) groups is 3. The van der Waals surface area contributed by atoms with Crippen LogP contribution >= 0.6 is 11.3 Å². The fourth-order valence-electron chi connectivity index (χ4n) is 6.13. The number of carboxylic acids is 1. The Bertz CT molecular complexity index is 1600. The summed E-state index contributed by atoms with van der Waals surface area (Å²) in [5.41, 5.74) is -0.0905. The SMILES string of the molecule is COc1cccc(N[C@H]2CCCCC/C=C\[C@@H]3C[C@@]3(C(=O)O)NC(=O)[C@@H]3C[C@@H](Oc4nc5ccc(F)cc5s4)CN3C2=O)c1. The number of nitrogens with zero attached hydrogens (tertiary/aromatic N) is 2. The molecule has 1 saturated carbocycles. The number of amides is 2. The Morgan fingerprint density at radius 3 is 2.89 bits per heavy atom. The standard InChI is InChI=1S/C32H35FN4O6S/c1-42-22-10-7-9-21(15-22)34-25-11-6-4-2-3-5-8-19-17-32(19,30(40)41)36-28(38)26-16-23(18-37(26)29(25)39)43-31-35-24-13-12-20(33)14-27(24)44-31/h5,7-10,12-15,19,23,25-26,34H,2-4,6,11,16-18H2,1H3,(H,36,38)(H,40,41)/b8-5-/t19-,23-,25+,26+,32-/m1/s1. The Labute approximate surface area is 258 Å². The number of carbonyl (C=O) groups excluding carboxylic acids is 2. The van der Waals surface area contributed by atoms with Gasteiger partial charge in [0, 0.05) is 24.1 Å². The number of thiazole rings is 1. The van der Waals surface area contributed by atoms with E-state index in [4.69, 9.17) is 9.47 Å². The summed E-state index contributed by atoms with van der Waals surface area (Å²) in [4.78, 5) is 46.4. The van der Waals surface area contributed by atoms with Crippen LogP contribution in [0.2, 0.25) is 0 Å². The fourth-order valence-corrected chi connectivity index (χ4v) is 7.04. The van der Waals surface area contributed by atoms with Crippen molar-refractivity contribution in [1.82, 2.24) is 15.2 Å². The lowest BCUT2D eigenvalue weighted by molar-refractivity contribution is -0.145. The number of hydrogen-bond acceptors (Lipinski definition) is 8. The van der Waals surface area contributed by atoms with Gasteiger partial charge in [-0.05, 0) is 56.0 Å². The first kappa shape index (κ1) is 29.9. The molecule has 3 aromatic rings. The van der Waals surface area contributed by atoms with Gasteiger partial charge in [-0.15, -0.1) is 0 Å². The molecule has 1 aromatic heterocycles. The van der Waals surface area contributed by atoms with Gasteiger partial charge in [0.25, 0.3) is 5.19 Å². The molecule has 0 bridgehead atoms. The van der Waals surface area contributed by atoms with E-state index in [1.165, 1.54) is 28.4 Å². The number of benzene rings is 2. The summed E-state index contributed by atoms with van der Waals surface area (Å²) in [7, 11) is 1.58. The smallest absolute Gasteiger partial charge is 0.330 e. The van der Waals surface area contributed by atoms with E-state index in [9.17, 15) is 23.9 Å². The van der Waals surface area contributed by atoms with Crippen molar-refractivity contribution in [2.45, 2.75) is 68.7 Å². The van der Waals surface area contributed by atoms with Gasteiger partial charge in [-0.25, -0.2) is 14.2 Å². The van der Waals surface area contributed by atoms with Crippen molar-refractivity contribution in [3.8, 4) is 10.9 Å². The van der Waals surface area contributed by atoms with E-state index in [1.54, 1.807) is 13.2 Å². The molecule has 44 heavy (non-hydrogen) atoms. The van der Waals surface area contributed by atoms with E-state index in [0.717, 1.165) is 25.7 Å². The number of allylic oxidation sites excluding steroid dienone is 1. The van der Waals surface area contributed by atoms with Crippen LogP contribution in [0.15, 0.2) is 54.6 Å². The van der Waals surface area contributed by atoms with Crippen LogP contribution in [0.25, 0.3) is 10.2 Å². The molecule has 2 aliphatic heterocycles. The Morgan fingerprint density at radius 1 is 1.20 bits per heavy atom. The Balaban J connectivity index is 1.29. The maximum atomic E-state index is 14.3. The van der Waals surface area contributed by atoms with Gasteiger partial charge in [0.1, 0.15) is 35.3 Å². The average Bonchev–Trinajstić information content (AvgIpc) is 3.32. The van der Waals surface area contributed by atoms with Gasteiger partial charge in [-0.1, -0.05) is 42.4 Å². The van der Waals surface area contributed by atoms with Gasteiger partial charge < -0.3 is 30.1 Å². The molecule has 5 atom stereocenters. The molecule has 12 heteroatoms. The van der Waals surface area contributed by atoms with Gasteiger partial charge in [0.2, 0.25) is 11.8 Å². The van der Waals surface area contributed by atoms with E-state index >= 15 is 0 Å². The highest BCUT2D eigenvalue weighted by Gasteiger charge is 2.61. The summed E-state index contributed by atoms with van der Waals surface area (Å²) in [5.74, 6) is -1.92. The quantitative estimate of drug-likeness (QED) is 0.336. The summed E-state index contributed by atoms with van der Waals surface area (Å²) >= 11 is 1.19.